The zero-order chi connectivity index (χ0) is 15.0. The molecular formula is C16H19IN2O2. The lowest BCUT2D eigenvalue weighted by atomic mass is 9.73. The Morgan fingerprint density at radius 3 is 2.67 bits per heavy atom. The molecule has 0 atom stereocenters. The van der Waals surface area contributed by atoms with E-state index in [0.717, 1.165) is 27.8 Å². The molecule has 4 nitrogen and oxygen atoms in total. The van der Waals surface area contributed by atoms with E-state index in [1.54, 1.807) is 6.07 Å². The highest BCUT2D eigenvalue weighted by Crippen LogP contribution is 2.41. The standard InChI is InChI=1S/C16H19IN2O2/c1-16(2)7-5-10(6-8-16)14-18-15(21-19-14)11-3-4-12(17)13(20)9-11/h3-4,9-10,20H,5-8H2,1-2H3. The van der Waals surface area contributed by atoms with Crippen molar-refractivity contribution in [2.24, 2.45) is 5.41 Å². The van der Waals surface area contributed by atoms with Crippen molar-refractivity contribution in [3.63, 3.8) is 0 Å². The predicted octanol–water partition coefficient (Wildman–Crippen LogP) is 4.73. The average Bonchev–Trinajstić information content (AvgIpc) is 2.91. The fraction of sp³-hybridized carbons (Fsp3) is 0.500. The van der Waals surface area contributed by atoms with Gasteiger partial charge in [0.2, 0.25) is 0 Å². The van der Waals surface area contributed by atoms with Crippen LogP contribution >= 0.6 is 22.6 Å². The van der Waals surface area contributed by atoms with Crippen LogP contribution in [0.2, 0.25) is 0 Å². The third kappa shape index (κ3) is 3.22. The lowest BCUT2D eigenvalue weighted by molar-refractivity contribution is 0.218. The third-order valence-electron chi connectivity index (χ3n) is 4.34. The zero-order valence-electron chi connectivity index (χ0n) is 12.3. The maximum absolute atomic E-state index is 9.78. The summed E-state index contributed by atoms with van der Waals surface area (Å²) in [6, 6.07) is 5.41. The van der Waals surface area contributed by atoms with Crippen molar-refractivity contribution in [1.29, 1.82) is 0 Å². The number of phenols is 1. The quantitative estimate of drug-likeness (QED) is 0.744. The van der Waals surface area contributed by atoms with Crippen molar-refractivity contribution in [2.75, 3.05) is 0 Å². The molecule has 0 amide bonds. The molecule has 3 rings (SSSR count). The molecule has 0 aliphatic heterocycles. The zero-order valence-corrected chi connectivity index (χ0v) is 14.4. The molecule has 1 heterocycles. The van der Waals surface area contributed by atoms with Gasteiger partial charge in [0.1, 0.15) is 5.75 Å². The fourth-order valence-corrected chi connectivity index (χ4v) is 3.16. The van der Waals surface area contributed by atoms with Gasteiger partial charge in [0.25, 0.3) is 5.89 Å². The maximum atomic E-state index is 9.78. The van der Waals surface area contributed by atoms with Crippen molar-refractivity contribution in [3.8, 4) is 17.2 Å². The summed E-state index contributed by atoms with van der Waals surface area (Å²) in [5.74, 6) is 1.93. The van der Waals surface area contributed by atoms with Crippen LogP contribution in [0, 0.1) is 8.99 Å². The van der Waals surface area contributed by atoms with Gasteiger partial charge in [-0.05, 0) is 71.9 Å². The van der Waals surface area contributed by atoms with E-state index in [1.807, 2.05) is 12.1 Å². The minimum Gasteiger partial charge on any atom is -0.507 e. The number of halogens is 1. The molecule has 5 heteroatoms. The summed E-state index contributed by atoms with van der Waals surface area (Å²) in [6.45, 7) is 4.64. The van der Waals surface area contributed by atoms with Crippen LogP contribution in [0.5, 0.6) is 5.75 Å². The molecular weight excluding hydrogens is 379 g/mol. The number of nitrogens with zero attached hydrogens (tertiary/aromatic N) is 2. The number of phenolic OH excluding ortho intramolecular Hbond substituents is 1. The van der Waals surface area contributed by atoms with Crippen LogP contribution in [0.4, 0.5) is 0 Å². The molecule has 1 aromatic heterocycles. The van der Waals surface area contributed by atoms with E-state index in [0.29, 0.717) is 17.2 Å². The Labute approximate surface area is 138 Å². The van der Waals surface area contributed by atoms with Crippen LogP contribution in [0.15, 0.2) is 22.7 Å². The summed E-state index contributed by atoms with van der Waals surface area (Å²) in [5.41, 5.74) is 1.20. The van der Waals surface area contributed by atoms with Gasteiger partial charge in [-0.3, -0.25) is 0 Å². The monoisotopic (exact) mass is 398 g/mol. The SMILES string of the molecule is CC1(C)CCC(c2noc(-c3ccc(I)c(O)c3)n2)CC1. The molecule has 0 unspecified atom stereocenters. The molecule has 1 saturated carbocycles. The number of hydrogen-bond donors (Lipinski definition) is 1. The third-order valence-corrected chi connectivity index (χ3v) is 5.25. The first kappa shape index (κ1) is 14.8. The van der Waals surface area contributed by atoms with Crippen LogP contribution in [0.1, 0.15) is 51.3 Å². The second kappa shape index (κ2) is 5.59. The van der Waals surface area contributed by atoms with E-state index >= 15 is 0 Å². The minimum atomic E-state index is 0.243. The first-order valence-corrected chi connectivity index (χ1v) is 8.35. The number of rotatable bonds is 2. The molecule has 0 bridgehead atoms. The van der Waals surface area contributed by atoms with E-state index in [-0.39, 0.29) is 5.75 Å². The number of benzene rings is 1. The molecule has 1 fully saturated rings. The summed E-state index contributed by atoms with van der Waals surface area (Å²) < 4.78 is 6.19. The molecule has 0 spiro atoms. The van der Waals surface area contributed by atoms with Crippen molar-refractivity contribution >= 4 is 22.6 Å². The Hall–Kier alpha value is -1.11. The second-order valence-corrected chi connectivity index (χ2v) is 7.72. The minimum absolute atomic E-state index is 0.243. The molecule has 21 heavy (non-hydrogen) atoms. The van der Waals surface area contributed by atoms with Crippen LogP contribution < -0.4 is 0 Å². The van der Waals surface area contributed by atoms with Crippen LogP contribution in [0.25, 0.3) is 11.5 Å². The van der Waals surface area contributed by atoms with Gasteiger partial charge >= 0.3 is 0 Å². The Balaban J connectivity index is 1.79. The van der Waals surface area contributed by atoms with Crippen LogP contribution in [0.3, 0.4) is 0 Å². The van der Waals surface area contributed by atoms with Gasteiger partial charge in [-0.15, -0.1) is 0 Å². The fourth-order valence-electron chi connectivity index (χ4n) is 2.82. The summed E-state index contributed by atoms with van der Waals surface area (Å²) in [6.07, 6.45) is 4.63. The van der Waals surface area contributed by atoms with Gasteiger partial charge in [-0.2, -0.15) is 4.98 Å². The normalized spacial score (nSPS) is 18.8. The Morgan fingerprint density at radius 2 is 2.00 bits per heavy atom. The number of aromatic hydroxyl groups is 1. The molecule has 0 radical (unpaired) electrons. The first-order valence-electron chi connectivity index (χ1n) is 7.27. The first-order chi connectivity index (χ1) is 9.94. The van der Waals surface area contributed by atoms with Gasteiger partial charge < -0.3 is 9.63 Å². The molecule has 112 valence electrons. The molecule has 1 aliphatic carbocycles. The van der Waals surface area contributed by atoms with Crippen LogP contribution in [-0.4, -0.2) is 15.2 Å². The molecule has 0 saturated heterocycles. The Morgan fingerprint density at radius 1 is 1.29 bits per heavy atom. The topological polar surface area (TPSA) is 59.2 Å². The van der Waals surface area contributed by atoms with Crippen molar-refractivity contribution in [2.45, 2.75) is 45.4 Å². The van der Waals surface area contributed by atoms with Gasteiger partial charge in [0.05, 0.1) is 3.57 Å². The van der Waals surface area contributed by atoms with Gasteiger partial charge in [-0.1, -0.05) is 19.0 Å². The second-order valence-electron chi connectivity index (χ2n) is 6.56. The van der Waals surface area contributed by atoms with E-state index in [9.17, 15) is 5.11 Å². The average molecular weight is 398 g/mol. The van der Waals surface area contributed by atoms with E-state index in [2.05, 4.69) is 46.6 Å². The molecule has 1 N–H and O–H groups in total. The van der Waals surface area contributed by atoms with E-state index in [4.69, 9.17) is 4.52 Å². The maximum Gasteiger partial charge on any atom is 0.258 e. The summed E-state index contributed by atoms with van der Waals surface area (Å²) in [7, 11) is 0. The van der Waals surface area contributed by atoms with Gasteiger partial charge in [0.15, 0.2) is 5.82 Å². The van der Waals surface area contributed by atoms with Gasteiger partial charge in [-0.25, -0.2) is 0 Å². The smallest absolute Gasteiger partial charge is 0.258 e. The number of hydrogen-bond acceptors (Lipinski definition) is 4. The highest BCUT2D eigenvalue weighted by atomic mass is 127. The van der Waals surface area contributed by atoms with Gasteiger partial charge in [0, 0.05) is 11.5 Å². The van der Waals surface area contributed by atoms with Crippen molar-refractivity contribution in [1.82, 2.24) is 10.1 Å². The Bertz CT molecular complexity index is 641. The Kier molecular flexibility index (Phi) is 3.94. The molecule has 2 aromatic rings. The summed E-state index contributed by atoms with van der Waals surface area (Å²) in [5, 5.41) is 13.9. The van der Waals surface area contributed by atoms with Crippen LogP contribution in [-0.2, 0) is 0 Å². The lowest BCUT2D eigenvalue weighted by Gasteiger charge is -2.32. The largest absolute Gasteiger partial charge is 0.507 e. The molecule has 1 aliphatic rings. The molecule has 1 aromatic carbocycles. The summed E-state index contributed by atoms with van der Waals surface area (Å²) in [4.78, 5) is 4.53. The lowest BCUT2D eigenvalue weighted by Crippen LogP contribution is -2.20. The number of aromatic nitrogens is 2. The van der Waals surface area contributed by atoms with E-state index < -0.39 is 0 Å². The van der Waals surface area contributed by atoms with Crippen molar-refractivity contribution < 1.29 is 9.63 Å². The predicted molar refractivity (Wildman–Crippen MR) is 89.1 cm³/mol. The highest BCUT2D eigenvalue weighted by Gasteiger charge is 2.30. The van der Waals surface area contributed by atoms with E-state index in [1.165, 1.54) is 12.8 Å². The van der Waals surface area contributed by atoms with Crippen molar-refractivity contribution in [3.05, 3.63) is 27.6 Å². The highest BCUT2D eigenvalue weighted by molar-refractivity contribution is 14.1. The summed E-state index contributed by atoms with van der Waals surface area (Å²) >= 11 is 2.09.